The molecule has 8 nitrogen and oxygen atoms in total. The second kappa shape index (κ2) is 8.19. The van der Waals surface area contributed by atoms with E-state index in [2.05, 4.69) is 27.7 Å². The van der Waals surface area contributed by atoms with Gasteiger partial charge in [0.1, 0.15) is 0 Å². The van der Waals surface area contributed by atoms with Crippen LogP contribution in [0.1, 0.15) is 32.6 Å². The fourth-order valence-corrected chi connectivity index (χ4v) is 3.54. The predicted molar refractivity (Wildman–Crippen MR) is 91.7 cm³/mol. The lowest BCUT2D eigenvalue weighted by atomic mass is 9.86. The van der Waals surface area contributed by atoms with Crippen LogP contribution in [0.5, 0.6) is 0 Å². The van der Waals surface area contributed by atoms with Crippen molar-refractivity contribution in [2.75, 3.05) is 6.61 Å². The summed E-state index contributed by atoms with van der Waals surface area (Å²) in [6.07, 6.45) is 4.44. The predicted octanol–water partition coefficient (Wildman–Crippen LogP) is 1.64. The maximum absolute atomic E-state index is 11.9. The average Bonchev–Trinajstić information content (AvgIpc) is 3.26. The maximum atomic E-state index is 11.9. The molecule has 2 heterocycles. The van der Waals surface area contributed by atoms with Gasteiger partial charge in [-0.05, 0) is 35.4 Å². The summed E-state index contributed by atoms with van der Waals surface area (Å²) < 4.78 is 5.01. The van der Waals surface area contributed by atoms with Crippen LogP contribution in [0.3, 0.4) is 0 Å². The Kier molecular flexibility index (Phi) is 5.75. The van der Waals surface area contributed by atoms with Crippen molar-refractivity contribution in [2.45, 2.75) is 45.2 Å². The van der Waals surface area contributed by atoms with E-state index in [1.807, 2.05) is 16.8 Å². The molecule has 2 aromatic rings. The number of carbonyl (C=O) groups excluding carboxylic acids is 2. The van der Waals surface area contributed by atoms with Crippen LogP contribution in [-0.4, -0.2) is 44.7 Å². The zero-order chi connectivity index (χ0) is 17.6. The van der Waals surface area contributed by atoms with Gasteiger partial charge >= 0.3 is 5.97 Å². The quantitative estimate of drug-likeness (QED) is 0.783. The Labute approximate surface area is 149 Å². The van der Waals surface area contributed by atoms with Gasteiger partial charge in [0, 0.05) is 17.0 Å². The normalized spacial score (nSPS) is 20.2. The molecule has 0 unspecified atom stereocenters. The van der Waals surface area contributed by atoms with Gasteiger partial charge < -0.3 is 10.1 Å². The Bertz CT molecular complexity index is 715. The highest BCUT2D eigenvalue weighted by Gasteiger charge is 2.23. The molecule has 134 valence electrons. The number of rotatable bonds is 6. The SMILES string of the molecule is C[C@H]1CCCC[C@@H]1NC(=O)COC(=O)Cn1nnc(-c2ccsc2)n1. The molecule has 0 bridgehead atoms. The van der Waals surface area contributed by atoms with Gasteiger partial charge in [-0.15, -0.1) is 10.2 Å². The number of hydrogen-bond donors (Lipinski definition) is 1. The van der Waals surface area contributed by atoms with Crippen LogP contribution in [0.4, 0.5) is 0 Å². The van der Waals surface area contributed by atoms with Crippen molar-refractivity contribution in [1.29, 1.82) is 0 Å². The molecule has 1 saturated carbocycles. The number of ether oxygens (including phenoxy) is 1. The van der Waals surface area contributed by atoms with Crippen LogP contribution in [-0.2, 0) is 20.9 Å². The van der Waals surface area contributed by atoms with E-state index in [0.717, 1.165) is 29.6 Å². The van der Waals surface area contributed by atoms with Gasteiger partial charge in [-0.25, -0.2) is 4.79 Å². The topological polar surface area (TPSA) is 99.0 Å². The number of hydrogen-bond acceptors (Lipinski definition) is 7. The van der Waals surface area contributed by atoms with Crippen molar-refractivity contribution in [3.63, 3.8) is 0 Å². The molecule has 1 fully saturated rings. The summed E-state index contributed by atoms with van der Waals surface area (Å²) in [5.41, 5.74) is 0.852. The number of nitrogens with zero attached hydrogens (tertiary/aromatic N) is 4. The fourth-order valence-electron chi connectivity index (χ4n) is 2.90. The number of aromatic nitrogens is 4. The van der Waals surface area contributed by atoms with Crippen LogP contribution in [0.25, 0.3) is 11.4 Å². The number of esters is 1. The first-order valence-electron chi connectivity index (χ1n) is 8.37. The molecular formula is C16H21N5O3S. The van der Waals surface area contributed by atoms with Gasteiger partial charge in [0.15, 0.2) is 13.2 Å². The Morgan fingerprint density at radius 1 is 1.40 bits per heavy atom. The van der Waals surface area contributed by atoms with Gasteiger partial charge in [-0.2, -0.15) is 16.1 Å². The van der Waals surface area contributed by atoms with E-state index in [1.165, 1.54) is 17.8 Å². The van der Waals surface area contributed by atoms with Gasteiger partial charge in [-0.3, -0.25) is 4.79 Å². The third-order valence-electron chi connectivity index (χ3n) is 4.32. The monoisotopic (exact) mass is 363 g/mol. The molecule has 0 saturated heterocycles. The molecule has 0 aromatic carbocycles. The third kappa shape index (κ3) is 4.85. The van der Waals surface area contributed by atoms with E-state index in [-0.39, 0.29) is 25.1 Å². The molecule has 3 rings (SSSR count). The summed E-state index contributed by atoms with van der Waals surface area (Å²) in [4.78, 5) is 24.9. The molecule has 0 radical (unpaired) electrons. The van der Waals surface area contributed by atoms with Crippen molar-refractivity contribution < 1.29 is 14.3 Å². The minimum absolute atomic E-state index is 0.171. The van der Waals surface area contributed by atoms with Gasteiger partial charge in [-0.1, -0.05) is 19.8 Å². The zero-order valence-corrected chi connectivity index (χ0v) is 14.9. The third-order valence-corrected chi connectivity index (χ3v) is 5.01. The second-order valence-corrected chi connectivity index (χ2v) is 7.03. The first kappa shape index (κ1) is 17.5. The first-order valence-corrected chi connectivity index (χ1v) is 9.31. The van der Waals surface area contributed by atoms with Crippen LogP contribution in [0.15, 0.2) is 16.8 Å². The van der Waals surface area contributed by atoms with Crippen molar-refractivity contribution >= 4 is 23.2 Å². The lowest BCUT2D eigenvalue weighted by molar-refractivity contribution is -0.149. The lowest BCUT2D eigenvalue weighted by Crippen LogP contribution is -2.43. The second-order valence-electron chi connectivity index (χ2n) is 6.25. The van der Waals surface area contributed by atoms with Crippen LogP contribution in [0, 0.1) is 5.92 Å². The Hall–Kier alpha value is -2.29. The summed E-state index contributed by atoms with van der Waals surface area (Å²) in [5.74, 6) is 0.0834. The van der Waals surface area contributed by atoms with E-state index >= 15 is 0 Å². The largest absolute Gasteiger partial charge is 0.454 e. The molecule has 1 amide bonds. The lowest BCUT2D eigenvalue weighted by Gasteiger charge is -2.29. The van der Waals surface area contributed by atoms with Crippen molar-refractivity contribution in [2.24, 2.45) is 5.92 Å². The van der Waals surface area contributed by atoms with Crippen molar-refractivity contribution in [1.82, 2.24) is 25.5 Å². The van der Waals surface area contributed by atoms with E-state index in [0.29, 0.717) is 11.7 Å². The number of tetrazole rings is 1. The van der Waals surface area contributed by atoms with Crippen LogP contribution < -0.4 is 5.32 Å². The van der Waals surface area contributed by atoms with E-state index < -0.39 is 5.97 Å². The molecule has 9 heteroatoms. The molecule has 25 heavy (non-hydrogen) atoms. The highest BCUT2D eigenvalue weighted by Crippen LogP contribution is 2.23. The molecule has 1 aliphatic carbocycles. The van der Waals surface area contributed by atoms with E-state index in [9.17, 15) is 9.59 Å². The summed E-state index contributed by atoms with van der Waals surface area (Å²) in [6.45, 7) is 1.68. The summed E-state index contributed by atoms with van der Waals surface area (Å²) in [6, 6.07) is 2.05. The molecular weight excluding hydrogens is 342 g/mol. The first-order chi connectivity index (χ1) is 12.1. The highest BCUT2D eigenvalue weighted by atomic mass is 32.1. The Morgan fingerprint density at radius 2 is 2.24 bits per heavy atom. The smallest absolute Gasteiger partial charge is 0.330 e. The molecule has 1 aliphatic rings. The van der Waals surface area contributed by atoms with E-state index in [1.54, 1.807) is 0 Å². The molecule has 1 N–H and O–H groups in total. The number of thiophene rings is 1. The van der Waals surface area contributed by atoms with Gasteiger partial charge in [0.2, 0.25) is 5.82 Å². The molecule has 0 spiro atoms. The van der Waals surface area contributed by atoms with Crippen LogP contribution >= 0.6 is 11.3 Å². The fraction of sp³-hybridized carbons (Fsp3) is 0.562. The number of carbonyl (C=O) groups is 2. The molecule has 0 aliphatic heterocycles. The number of amides is 1. The minimum Gasteiger partial charge on any atom is -0.454 e. The maximum Gasteiger partial charge on any atom is 0.330 e. The molecule has 2 atom stereocenters. The van der Waals surface area contributed by atoms with Crippen molar-refractivity contribution in [3.8, 4) is 11.4 Å². The summed E-state index contributed by atoms with van der Waals surface area (Å²) >= 11 is 1.53. The molecule has 2 aromatic heterocycles. The standard InChI is InChI=1S/C16H21N5O3S/c1-11-4-2-3-5-13(11)17-14(22)9-24-15(23)8-21-19-16(18-20-21)12-6-7-25-10-12/h6-7,10-11,13H,2-5,8-9H2,1H3,(H,17,22)/t11-,13-/m0/s1. The van der Waals surface area contributed by atoms with Gasteiger partial charge in [0.05, 0.1) is 0 Å². The van der Waals surface area contributed by atoms with Crippen LogP contribution in [0.2, 0.25) is 0 Å². The average molecular weight is 363 g/mol. The Balaban J connectivity index is 1.42. The van der Waals surface area contributed by atoms with E-state index in [4.69, 9.17) is 4.74 Å². The number of nitrogens with one attached hydrogen (secondary N) is 1. The Morgan fingerprint density at radius 3 is 3.00 bits per heavy atom. The highest BCUT2D eigenvalue weighted by molar-refractivity contribution is 7.08. The summed E-state index contributed by atoms with van der Waals surface area (Å²) in [5, 5.41) is 18.6. The summed E-state index contributed by atoms with van der Waals surface area (Å²) in [7, 11) is 0. The minimum atomic E-state index is -0.568. The van der Waals surface area contributed by atoms with Gasteiger partial charge in [0.25, 0.3) is 5.91 Å². The zero-order valence-electron chi connectivity index (χ0n) is 14.1. The van der Waals surface area contributed by atoms with Crippen molar-refractivity contribution in [3.05, 3.63) is 16.8 Å².